The maximum Gasteiger partial charge on any atom is 0.227 e. The van der Waals surface area contributed by atoms with Crippen LogP contribution in [0.15, 0.2) is 30.6 Å². The number of likely N-dealkylation sites (tertiary alicyclic amines) is 1. The number of rotatable bonds is 4. The second kappa shape index (κ2) is 7.54. The zero-order valence-electron chi connectivity index (χ0n) is 14.0. The van der Waals surface area contributed by atoms with Crippen molar-refractivity contribution < 1.29 is 14.3 Å². The molecule has 3 rings (SSSR count). The lowest BCUT2D eigenvalue weighted by Gasteiger charge is -2.34. The van der Waals surface area contributed by atoms with Crippen molar-refractivity contribution in [2.45, 2.75) is 25.4 Å². The highest BCUT2D eigenvalue weighted by atomic mass is 35.5. The summed E-state index contributed by atoms with van der Waals surface area (Å²) in [4.78, 5) is 18.4. The van der Waals surface area contributed by atoms with Gasteiger partial charge in [-0.1, -0.05) is 17.7 Å². The molecule has 5 nitrogen and oxygen atoms in total. The number of aliphatic hydroxyl groups is 1. The Labute approximate surface area is 151 Å². The first-order valence-corrected chi connectivity index (χ1v) is 8.70. The van der Waals surface area contributed by atoms with Crippen LogP contribution in [0.4, 0.5) is 4.39 Å². The van der Waals surface area contributed by atoms with Gasteiger partial charge in [0.1, 0.15) is 17.7 Å². The quantitative estimate of drug-likeness (QED) is 0.906. The summed E-state index contributed by atoms with van der Waals surface area (Å²) in [6, 6.07) is 4.08. The summed E-state index contributed by atoms with van der Waals surface area (Å²) in [6.07, 6.45) is 4.45. The van der Waals surface area contributed by atoms with Gasteiger partial charge in [0, 0.05) is 37.6 Å². The predicted molar refractivity (Wildman–Crippen MR) is 92.6 cm³/mol. The second-order valence-electron chi connectivity index (χ2n) is 6.47. The lowest BCUT2D eigenvalue weighted by molar-refractivity contribution is -0.132. The number of benzene rings is 1. The Hall–Kier alpha value is -1.92. The molecule has 2 heterocycles. The van der Waals surface area contributed by atoms with Gasteiger partial charge in [-0.15, -0.1) is 0 Å². The average molecular weight is 366 g/mol. The second-order valence-corrected chi connectivity index (χ2v) is 6.88. The van der Waals surface area contributed by atoms with E-state index in [1.54, 1.807) is 17.2 Å². The van der Waals surface area contributed by atoms with Gasteiger partial charge in [0.15, 0.2) is 0 Å². The number of hydrogen-bond donors (Lipinski definition) is 1. The van der Waals surface area contributed by atoms with Crippen LogP contribution in [-0.4, -0.2) is 38.6 Å². The molecule has 0 aliphatic carbocycles. The molecule has 134 valence electrons. The molecule has 1 amide bonds. The molecule has 2 aromatic rings. The summed E-state index contributed by atoms with van der Waals surface area (Å²) >= 11 is 6.00. The first-order valence-electron chi connectivity index (χ1n) is 8.32. The molecule has 1 aliphatic heterocycles. The van der Waals surface area contributed by atoms with Crippen molar-refractivity contribution in [3.05, 3.63) is 52.8 Å². The fourth-order valence-electron chi connectivity index (χ4n) is 3.28. The van der Waals surface area contributed by atoms with Crippen molar-refractivity contribution in [3.63, 3.8) is 0 Å². The highest BCUT2D eigenvalue weighted by molar-refractivity contribution is 6.31. The van der Waals surface area contributed by atoms with E-state index in [0.29, 0.717) is 24.5 Å². The molecule has 1 aliphatic rings. The van der Waals surface area contributed by atoms with Crippen molar-refractivity contribution in [1.82, 2.24) is 14.5 Å². The van der Waals surface area contributed by atoms with Crippen LogP contribution in [0.25, 0.3) is 0 Å². The number of carbonyl (C=O) groups is 1. The van der Waals surface area contributed by atoms with E-state index in [1.807, 2.05) is 17.8 Å². The molecule has 0 radical (unpaired) electrons. The van der Waals surface area contributed by atoms with Crippen LogP contribution in [0, 0.1) is 11.7 Å². The van der Waals surface area contributed by atoms with Crippen LogP contribution in [0.2, 0.25) is 5.02 Å². The van der Waals surface area contributed by atoms with E-state index in [9.17, 15) is 14.3 Å². The Morgan fingerprint density at radius 3 is 2.76 bits per heavy atom. The van der Waals surface area contributed by atoms with Gasteiger partial charge in [-0.25, -0.2) is 9.37 Å². The molecule has 25 heavy (non-hydrogen) atoms. The molecule has 0 saturated carbocycles. The van der Waals surface area contributed by atoms with Crippen molar-refractivity contribution in [2.24, 2.45) is 13.0 Å². The van der Waals surface area contributed by atoms with Crippen LogP contribution < -0.4 is 0 Å². The topological polar surface area (TPSA) is 58.4 Å². The number of aliphatic hydroxyl groups excluding tert-OH is 1. The number of hydrogen-bond acceptors (Lipinski definition) is 3. The summed E-state index contributed by atoms with van der Waals surface area (Å²) in [5.74, 6) is 0.297. The number of nitrogens with zero attached hydrogens (tertiary/aromatic N) is 3. The number of carbonyl (C=O) groups excluding carboxylic acids is 1. The fourth-order valence-corrected chi connectivity index (χ4v) is 3.51. The zero-order valence-corrected chi connectivity index (χ0v) is 14.8. The van der Waals surface area contributed by atoms with Crippen LogP contribution in [0.3, 0.4) is 0 Å². The van der Waals surface area contributed by atoms with E-state index in [4.69, 9.17) is 11.6 Å². The van der Waals surface area contributed by atoms with Gasteiger partial charge in [0.05, 0.1) is 6.42 Å². The normalized spacial score (nSPS) is 16.9. The smallest absolute Gasteiger partial charge is 0.227 e. The highest BCUT2D eigenvalue weighted by Crippen LogP contribution is 2.30. The van der Waals surface area contributed by atoms with E-state index in [1.165, 1.54) is 12.1 Å². The van der Waals surface area contributed by atoms with Crippen molar-refractivity contribution in [3.8, 4) is 0 Å². The Kier molecular flexibility index (Phi) is 5.39. The minimum absolute atomic E-state index is 0.0292. The largest absolute Gasteiger partial charge is 0.385 e. The van der Waals surface area contributed by atoms with Gasteiger partial charge in [0.25, 0.3) is 0 Å². The summed E-state index contributed by atoms with van der Waals surface area (Å²) in [6.45, 7) is 1.17. The Morgan fingerprint density at radius 1 is 1.44 bits per heavy atom. The van der Waals surface area contributed by atoms with Gasteiger partial charge in [-0.2, -0.15) is 0 Å². The van der Waals surface area contributed by atoms with Crippen LogP contribution in [0.5, 0.6) is 0 Å². The number of halogens is 2. The molecule has 7 heteroatoms. The number of amides is 1. The van der Waals surface area contributed by atoms with E-state index < -0.39 is 11.9 Å². The number of aryl methyl sites for hydroxylation is 1. The third kappa shape index (κ3) is 4.02. The molecule has 1 aromatic heterocycles. The van der Waals surface area contributed by atoms with Gasteiger partial charge in [-0.05, 0) is 36.5 Å². The molecular weight excluding hydrogens is 345 g/mol. The van der Waals surface area contributed by atoms with Crippen LogP contribution in [0.1, 0.15) is 30.3 Å². The SMILES string of the molecule is Cn1ccnc1[C@@H](O)C1CCN(C(=O)Cc2ccc(F)cc2Cl)CC1. The van der Waals surface area contributed by atoms with Gasteiger partial charge in [0.2, 0.25) is 5.91 Å². The third-order valence-corrected chi connectivity index (χ3v) is 5.17. The first kappa shape index (κ1) is 17.9. The number of aromatic nitrogens is 2. The van der Waals surface area contributed by atoms with Gasteiger partial charge < -0.3 is 14.6 Å². The molecular formula is C18H21ClFN3O2. The Bertz CT molecular complexity index is 757. The minimum atomic E-state index is -0.621. The van der Waals surface area contributed by atoms with E-state index >= 15 is 0 Å². The molecule has 1 atom stereocenters. The van der Waals surface area contributed by atoms with Crippen LogP contribution in [-0.2, 0) is 18.3 Å². The molecule has 1 fully saturated rings. The van der Waals surface area contributed by atoms with Crippen LogP contribution >= 0.6 is 11.6 Å². The van der Waals surface area contributed by atoms with E-state index in [0.717, 1.165) is 12.8 Å². The molecule has 0 spiro atoms. The van der Waals surface area contributed by atoms with Crippen molar-refractivity contribution in [1.29, 1.82) is 0 Å². The van der Waals surface area contributed by atoms with Gasteiger partial charge in [-0.3, -0.25) is 4.79 Å². The zero-order chi connectivity index (χ0) is 18.0. The van der Waals surface area contributed by atoms with E-state index in [2.05, 4.69) is 4.98 Å². The Balaban J connectivity index is 1.56. The van der Waals surface area contributed by atoms with Crippen molar-refractivity contribution >= 4 is 17.5 Å². The fraction of sp³-hybridized carbons (Fsp3) is 0.444. The average Bonchev–Trinajstić information content (AvgIpc) is 3.03. The molecule has 0 bridgehead atoms. The number of piperidine rings is 1. The highest BCUT2D eigenvalue weighted by Gasteiger charge is 2.30. The molecule has 1 saturated heterocycles. The summed E-state index contributed by atoms with van der Waals surface area (Å²) in [7, 11) is 1.86. The lowest BCUT2D eigenvalue weighted by atomic mass is 9.90. The molecule has 1 N–H and O–H groups in total. The monoisotopic (exact) mass is 365 g/mol. The number of imidazole rings is 1. The maximum absolute atomic E-state index is 13.1. The summed E-state index contributed by atoms with van der Waals surface area (Å²) in [5, 5.41) is 10.8. The van der Waals surface area contributed by atoms with E-state index in [-0.39, 0.29) is 23.3 Å². The van der Waals surface area contributed by atoms with Gasteiger partial charge >= 0.3 is 0 Å². The summed E-state index contributed by atoms with van der Waals surface area (Å²) < 4.78 is 14.9. The predicted octanol–water partition coefficient (Wildman–Crippen LogP) is 2.73. The summed E-state index contributed by atoms with van der Waals surface area (Å²) in [5.41, 5.74) is 0.628. The third-order valence-electron chi connectivity index (χ3n) is 4.82. The first-order chi connectivity index (χ1) is 12.0. The minimum Gasteiger partial charge on any atom is -0.385 e. The standard InChI is InChI=1S/C18H21ClFN3O2/c1-22-9-6-21-18(22)17(25)12-4-7-23(8-5-12)16(24)10-13-2-3-14(20)11-15(13)19/h2-3,6,9,11-12,17,25H,4-5,7-8,10H2,1H3/t17-/m0/s1. The lowest BCUT2D eigenvalue weighted by Crippen LogP contribution is -2.40. The maximum atomic E-state index is 13.1. The molecule has 0 unspecified atom stereocenters. The molecule has 1 aromatic carbocycles. The van der Waals surface area contributed by atoms with Crippen molar-refractivity contribution in [2.75, 3.05) is 13.1 Å². The Morgan fingerprint density at radius 2 is 2.16 bits per heavy atom.